The number of esters is 1. The second-order valence-corrected chi connectivity index (χ2v) is 10.2. The molecule has 0 heterocycles. The predicted octanol–water partition coefficient (Wildman–Crippen LogP) is 6.13. The highest BCUT2D eigenvalue weighted by Gasteiger charge is 2.37. The maximum absolute atomic E-state index is 13.9. The van der Waals surface area contributed by atoms with E-state index >= 15 is 0 Å². The zero-order chi connectivity index (χ0) is 27.2. The van der Waals surface area contributed by atoms with Crippen molar-refractivity contribution in [2.45, 2.75) is 39.8 Å². The van der Waals surface area contributed by atoms with E-state index in [0.717, 1.165) is 10.0 Å². The second-order valence-electron chi connectivity index (χ2n) is 9.26. The number of hydrazine groups is 1. The molecule has 0 saturated carbocycles. The molecule has 0 saturated heterocycles. The maximum atomic E-state index is 13.9. The molecule has 0 bridgehead atoms. The zero-order valence-corrected chi connectivity index (χ0v) is 23.2. The Kier molecular flexibility index (Phi) is 9.10. The number of hydrogen-bond acceptors (Lipinski definition) is 5. The fourth-order valence-electron chi connectivity index (χ4n) is 3.90. The number of benzene rings is 3. The topological polar surface area (TPSA) is 76.2 Å². The van der Waals surface area contributed by atoms with Gasteiger partial charge in [-0.25, -0.2) is 14.8 Å². The Balaban J connectivity index is 1.96. The van der Waals surface area contributed by atoms with Crippen LogP contribution in [0.1, 0.15) is 64.3 Å². The minimum atomic E-state index is -0.774. The standard InChI is InChI=1S/C29H31BrN2O5/c1-6-31(32(29(2,3)4)27(34)24-17-16-21(30)18-25(24)36-5)26(33)22-14-10-11-15-23(22)28(35)37-19-20-12-8-7-9-13-20/h7-18H,6,19H2,1-5H3. The van der Waals surface area contributed by atoms with Crippen molar-refractivity contribution in [1.29, 1.82) is 0 Å². The summed E-state index contributed by atoms with van der Waals surface area (Å²) in [5.74, 6) is -1.14. The van der Waals surface area contributed by atoms with Crippen LogP contribution in [0.2, 0.25) is 0 Å². The van der Waals surface area contributed by atoms with Gasteiger partial charge in [0, 0.05) is 11.0 Å². The molecule has 8 heteroatoms. The largest absolute Gasteiger partial charge is 0.496 e. The normalized spacial score (nSPS) is 11.0. The summed E-state index contributed by atoms with van der Waals surface area (Å²) in [6.07, 6.45) is 0. The summed E-state index contributed by atoms with van der Waals surface area (Å²) in [6.45, 7) is 7.56. The Labute approximate surface area is 226 Å². The molecule has 0 unspecified atom stereocenters. The van der Waals surface area contributed by atoms with Crippen LogP contribution in [-0.2, 0) is 11.3 Å². The highest BCUT2D eigenvalue weighted by atomic mass is 79.9. The lowest BCUT2D eigenvalue weighted by Gasteiger charge is -2.43. The van der Waals surface area contributed by atoms with Crippen molar-refractivity contribution in [2.75, 3.05) is 13.7 Å². The summed E-state index contributed by atoms with van der Waals surface area (Å²) in [5, 5.41) is 2.76. The van der Waals surface area contributed by atoms with Crippen LogP contribution in [0.3, 0.4) is 0 Å². The zero-order valence-electron chi connectivity index (χ0n) is 21.7. The smallest absolute Gasteiger partial charge is 0.339 e. The molecular formula is C29H31BrN2O5. The summed E-state index contributed by atoms with van der Waals surface area (Å²) in [5.41, 5.74) is 0.644. The molecule has 7 nitrogen and oxygen atoms in total. The van der Waals surface area contributed by atoms with Gasteiger partial charge in [-0.05, 0) is 63.6 Å². The van der Waals surface area contributed by atoms with E-state index < -0.39 is 23.3 Å². The van der Waals surface area contributed by atoms with Crippen molar-refractivity contribution in [2.24, 2.45) is 0 Å². The quantitative estimate of drug-likeness (QED) is 0.254. The van der Waals surface area contributed by atoms with E-state index in [1.165, 1.54) is 17.1 Å². The van der Waals surface area contributed by atoms with Crippen molar-refractivity contribution in [3.63, 3.8) is 0 Å². The van der Waals surface area contributed by atoms with Crippen LogP contribution in [-0.4, -0.2) is 47.0 Å². The Hall–Kier alpha value is -3.65. The predicted molar refractivity (Wildman–Crippen MR) is 145 cm³/mol. The van der Waals surface area contributed by atoms with Gasteiger partial charge in [-0.15, -0.1) is 0 Å². The van der Waals surface area contributed by atoms with Gasteiger partial charge in [0.25, 0.3) is 11.8 Å². The number of methoxy groups -OCH3 is 1. The monoisotopic (exact) mass is 566 g/mol. The maximum Gasteiger partial charge on any atom is 0.339 e. The van der Waals surface area contributed by atoms with Crippen molar-refractivity contribution in [3.8, 4) is 5.75 Å². The molecule has 0 atom stereocenters. The molecule has 0 aliphatic carbocycles. The van der Waals surface area contributed by atoms with Gasteiger partial charge in [0.15, 0.2) is 0 Å². The molecule has 0 fully saturated rings. The van der Waals surface area contributed by atoms with Gasteiger partial charge in [-0.3, -0.25) is 9.59 Å². The first-order valence-electron chi connectivity index (χ1n) is 11.9. The average molecular weight is 567 g/mol. The third-order valence-electron chi connectivity index (χ3n) is 5.59. The van der Waals surface area contributed by atoms with E-state index in [1.54, 1.807) is 49.4 Å². The number of carbonyl (C=O) groups is 3. The fourth-order valence-corrected chi connectivity index (χ4v) is 4.24. The lowest BCUT2D eigenvalue weighted by Crippen LogP contribution is -2.58. The number of carbonyl (C=O) groups excluding carboxylic acids is 3. The van der Waals surface area contributed by atoms with E-state index in [9.17, 15) is 14.4 Å². The van der Waals surface area contributed by atoms with Crippen LogP contribution in [0.25, 0.3) is 0 Å². The lowest BCUT2D eigenvalue weighted by molar-refractivity contribution is -0.0413. The number of nitrogens with zero attached hydrogens (tertiary/aromatic N) is 2. The van der Waals surface area contributed by atoms with Crippen molar-refractivity contribution < 1.29 is 23.9 Å². The molecule has 2 amide bonds. The first-order valence-corrected chi connectivity index (χ1v) is 12.7. The molecule has 0 N–H and O–H groups in total. The van der Waals surface area contributed by atoms with E-state index in [2.05, 4.69) is 15.9 Å². The molecule has 0 aliphatic heterocycles. The van der Waals surface area contributed by atoms with E-state index in [-0.39, 0.29) is 24.3 Å². The minimum absolute atomic E-state index is 0.0790. The fraction of sp³-hybridized carbons (Fsp3) is 0.276. The van der Waals surface area contributed by atoms with E-state index in [1.807, 2.05) is 51.1 Å². The first kappa shape index (κ1) is 27.9. The molecule has 0 aromatic heterocycles. The highest BCUT2D eigenvalue weighted by Crippen LogP contribution is 2.29. The van der Waals surface area contributed by atoms with Gasteiger partial charge in [-0.2, -0.15) is 0 Å². The first-order chi connectivity index (χ1) is 17.6. The summed E-state index contributed by atoms with van der Waals surface area (Å²) in [7, 11) is 1.49. The van der Waals surface area contributed by atoms with E-state index in [0.29, 0.717) is 11.3 Å². The number of amides is 2. The number of rotatable bonds is 7. The number of ether oxygens (including phenoxy) is 2. The Bertz CT molecular complexity index is 1270. The third-order valence-corrected chi connectivity index (χ3v) is 6.08. The molecule has 0 aliphatic rings. The van der Waals surface area contributed by atoms with Crippen LogP contribution in [0.5, 0.6) is 5.75 Å². The SMILES string of the molecule is CCN(C(=O)c1ccccc1C(=O)OCc1ccccc1)N(C(=O)c1ccc(Br)cc1OC)C(C)(C)C. The second kappa shape index (κ2) is 12.1. The van der Waals surface area contributed by atoms with E-state index in [4.69, 9.17) is 9.47 Å². The molecular weight excluding hydrogens is 536 g/mol. The van der Waals surface area contributed by atoms with Crippen LogP contribution in [0, 0.1) is 0 Å². The van der Waals surface area contributed by atoms with Crippen LogP contribution in [0.15, 0.2) is 77.3 Å². The third kappa shape index (κ3) is 6.57. The van der Waals surface area contributed by atoms with Crippen LogP contribution < -0.4 is 4.74 Å². The summed E-state index contributed by atoms with van der Waals surface area (Å²) in [4.78, 5) is 40.7. The van der Waals surface area contributed by atoms with Gasteiger partial charge >= 0.3 is 5.97 Å². The van der Waals surface area contributed by atoms with Crippen molar-refractivity contribution >= 4 is 33.7 Å². The number of hydrogen-bond donors (Lipinski definition) is 0. The van der Waals surface area contributed by atoms with Gasteiger partial charge in [0.05, 0.1) is 29.3 Å². The molecule has 37 heavy (non-hydrogen) atoms. The van der Waals surface area contributed by atoms with Gasteiger partial charge < -0.3 is 9.47 Å². The molecule has 0 spiro atoms. The number of halogens is 1. The van der Waals surface area contributed by atoms with Gasteiger partial charge in [0.2, 0.25) is 0 Å². The molecule has 3 aromatic rings. The molecule has 0 radical (unpaired) electrons. The average Bonchev–Trinajstić information content (AvgIpc) is 2.89. The summed E-state index contributed by atoms with van der Waals surface area (Å²) in [6, 6.07) is 20.9. The molecule has 3 aromatic carbocycles. The van der Waals surface area contributed by atoms with Crippen LogP contribution in [0.4, 0.5) is 0 Å². The van der Waals surface area contributed by atoms with Gasteiger partial charge in [0.1, 0.15) is 12.4 Å². The van der Waals surface area contributed by atoms with Gasteiger partial charge in [-0.1, -0.05) is 58.4 Å². The summed E-state index contributed by atoms with van der Waals surface area (Å²) >= 11 is 3.39. The Morgan fingerprint density at radius 1 is 0.838 bits per heavy atom. The van der Waals surface area contributed by atoms with Crippen molar-refractivity contribution in [3.05, 3.63) is 99.5 Å². The van der Waals surface area contributed by atoms with Crippen LogP contribution >= 0.6 is 15.9 Å². The Morgan fingerprint density at radius 3 is 2.05 bits per heavy atom. The Morgan fingerprint density at radius 2 is 1.46 bits per heavy atom. The lowest BCUT2D eigenvalue weighted by atomic mass is 10.0. The highest BCUT2D eigenvalue weighted by molar-refractivity contribution is 9.10. The summed E-state index contributed by atoms with van der Waals surface area (Å²) < 4.78 is 11.7. The molecule has 194 valence electrons. The van der Waals surface area contributed by atoms with Crippen molar-refractivity contribution in [1.82, 2.24) is 10.0 Å². The molecule has 3 rings (SSSR count). The minimum Gasteiger partial charge on any atom is -0.496 e.